The molecule has 0 bridgehead atoms. The minimum atomic E-state index is -0.105. The molecule has 134 valence electrons. The molecule has 1 fully saturated rings. The van der Waals surface area contributed by atoms with Crippen LogP contribution in [0.5, 0.6) is 5.75 Å². The van der Waals surface area contributed by atoms with Gasteiger partial charge in [0.2, 0.25) is 0 Å². The number of aromatic nitrogens is 3. The molecule has 1 aliphatic rings. The van der Waals surface area contributed by atoms with E-state index in [1.54, 1.807) is 18.3 Å². The van der Waals surface area contributed by atoms with Crippen LogP contribution in [0, 0.1) is 5.92 Å². The SMILES string of the molecule is O=C(c1cc(-n2cccc2)ccc1O)N1CCCC(Cn2ccnc2)C1. The maximum absolute atomic E-state index is 13.0. The van der Waals surface area contributed by atoms with Crippen molar-refractivity contribution in [3.63, 3.8) is 0 Å². The molecule has 1 aliphatic heterocycles. The summed E-state index contributed by atoms with van der Waals surface area (Å²) in [5.41, 5.74) is 1.22. The molecular formula is C20H22N4O2. The number of carbonyl (C=O) groups excluding carboxylic acids is 1. The topological polar surface area (TPSA) is 63.3 Å². The Morgan fingerprint density at radius 2 is 2.08 bits per heavy atom. The Balaban J connectivity index is 1.52. The van der Waals surface area contributed by atoms with E-state index in [0.29, 0.717) is 18.0 Å². The lowest BCUT2D eigenvalue weighted by Gasteiger charge is -2.33. The third-order valence-corrected chi connectivity index (χ3v) is 4.95. The van der Waals surface area contributed by atoms with Crippen LogP contribution in [0.4, 0.5) is 0 Å². The third-order valence-electron chi connectivity index (χ3n) is 4.95. The van der Waals surface area contributed by atoms with Gasteiger partial charge in [0.25, 0.3) is 5.91 Å². The number of carbonyl (C=O) groups is 1. The number of likely N-dealkylation sites (tertiary alicyclic amines) is 1. The van der Waals surface area contributed by atoms with E-state index in [2.05, 4.69) is 9.55 Å². The molecule has 26 heavy (non-hydrogen) atoms. The number of nitrogens with zero attached hydrogens (tertiary/aromatic N) is 4. The molecule has 3 heterocycles. The Morgan fingerprint density at radius 3 is 2.85 bits per heavy atom. The fraction of sp³-hybridized carbons (Fsp3) is 0.300. The van der Waals surface area contributed by atoms with Gasteiger partial charge in [0, 0.05) is 50.1 Å². The van der Waals surface area contributed by atoms with E-state index in [4.69, 9.17) is 0 Å². The summed E-state index contributed by atoms with van der Waals surface area (Å²) in [5, 5.41) is 10.2. The maximum atomic E-state index is 13.0. The number of rotatable bonds is 4. The zero-order valence-corrected chi connectivity index (χ0v) is 14.5. The van der Waals surface area contributed by atoms with E-state index in [9.17, 15) is 9.90 Å². The summed E-state index contributed by atoms with van der Waals surface area (Å²) in [6.45, 7) is 2.29. The van der Waals surface area contributed by atoms with Crippen molar-refractivity contribution < 1.29 is 9.90 Å². The third kappa shape index (κ3) is 3.35. The Labute approximate surface area is 152 Å². The van der Waals surface area contributed by atoms with Crippen molar-refractivity contribution in [1.29, 1.82) is 0 Å². The van der Waals surface area contributed by atoms with Gasteiger partial charge in [-0.15, -0.1) is 0 Å². The molecule has 1 aromatic carbocycles. The molecule has 6 nitrogen and oxygen atoms in total. The van der Waals surface area contributed by atoms with Crippen molar-refractivity contribution in [2.24, 2.45) is 5.92 Å². The van der Waals surface area contributed by atoms with Gasteiger partial charge in [-0.1, -0.05) is 0 Å². The van der Waals surface area contributed by atoms with E-state index in [1.807, 2.05) is 52.6 Å². The molecule has 6 heteroatoms. The minimum Gasteiger partial charge on any atom is -0.507 e. The van der Waals surface area contributed by atoms with E-state index in [0.717, 1.165) is 31.6 Å². The Hall–Kier alpha value is -3.02. The Bertz CT molecular complexity index is 871. The Kier molecular flexibility index (Phi) is 4.48. The molecule has 0 saturated carbocycles. The molecule has 1 atom stereocenters. The van der Waals surface area contributed by atoms with Crippen LogP contribution >= 0.6 is 0 Å². The summed E-state index contributed by atoms with van der Waals surface area (Å²) in [6.07, 6.45) is 11.4. The summed E-state index contributed by atoms with van der Waals surface area (Å²) in [5.74, 6) is 0.325. The molecule has 1 amide bonds. The van der Waals surface area contributed by atoms with Gasteiger partial charge >= 0.3 is 0 Å². The van der Waals surface area contributed by atoms with Gasteiger partial charge in [0.1, 0.15) is 5.75 Å². The zero-order valence-electron chi connectivity index (χ0n) is 14.5. The molecule has 1 unspecified atom stereocenters. The number of phenols is 1. The zero-order chi connectivity index (χ0) is 17.9. The smallest absolute Gasteiger partial charge is 0.257 e. The highest BCUT2D eigenvalue weighted by Gasteiger charge is 2.26. The van der Waals surface area contributed by atoms with Crippen LogP contribution in [0.3, 0.4) is 0 Å². The number of hydrogen-bond donors (Lipinski definition) is 1. The van der Waals surface area contributed by atoms with Gasteiger partial charge in [-0.2, -0.15) is 0 Å². The second-order valence-corrected chi connectivity index (χ2v) is 6.81. The molecule has 4 rings (SSSR count). The predicted octanol–water partition coefficient (Wildman–Crippen LogP) is 2.93. The number of benzene rings is 1. The Morgan fingerprint density at radius 1 is 1.23 bits per heavy atom. The molecular weight excluding hydrogens is 328 g/mol. The first kappa shape index (κ1) is 16.4. The molecule has 1 N–H and O–H groups in total. The molecule has 1 saturated heterocycles. The van der Waals surface area contributed by atoms with Crippen LogP contribution in [-0.4, -0.2) is 43.1 Å². The number of amides is 1. The fourth-order valence-electron chi connectivity index (χ4n) is 3.62. The van der Waals surface area contributed by atoms with E-state index >= 15 is 0 Å². The van der Waals surface area contributed by atoms with Crippen LogP contribution in [0.1, 0.15) is 23.2 Å². The molecule has 0 radical (unpaired) electrons. The normalized spacial score (nSPS) is 17.4. The highest BCUT2D eigenvalue weighted by Crippen LogP contribution is 2.26. The van der Waals surface area contributed by atoms with E-state index < -0.39 is 0 Å². The van der Waals surface area contributed by atoms with Gasteiger partial charge < -0.3 is 19.1 Å². The maximum Gasteiger partial charge on any atom is 0.257 e. The van der Waals surface area contributed by atoms with Gasteiger partial charge in [-0.05, 0) is 49.1 Å². The minimum absolute atomic E-state index is 0.0302. The summed E-state index contributed by atoms with van der Waals surface area (Å²) in [4.78, 5) is 19.0. The lowest BCUT2D eigenvalue weighted by atomic mass is 9.97. The first-order valence-electron chi connectivity index (χ1n) is 8.92. The number of hydrogen-bond acceptors (Lipinski definition) is 3. The van der Waals surface area contributed by atoms with Crippen LogP contribution in [-0.2, 0) is 6.54 Å². The van der Waals surface area contributed by atoms with E-state index in [1.165, 1.54) is 0 Å². The van der Waals surface area contributed by atoms with Crippen molar-refractivity contribution >= 4 is 5.91 Å². The van der Waals surface area contributed by atoms with Crippen molar-refractivity contribution in [3.8, 4) is 11.4 Å². The van der Waals surface area contributed by atoms with Crippen molar-refractivity contribution in [2.45, 2.75) is 19.4 Å². The molecule has 3 aromatic rings. The second-order valence-electron chi connectivity index (χ2n) is 6.81. The standard InChI is InChI=1S/C20H22N4O2/c25-19-6-5-17(23-8-1-2-9-23)12-18(19)20(26)24-10-3-4-16(14-24)13-22-11-7-21-15-22/h1-2,5-9,11-12,15-16,25H,3-4,10,13-14H2. The van der Waals surface area contributed by atoms with Crippen LogP contribution in [0.2, 0.25) is 0 Å². The quantitative estimate of drug-likeness (QED) is 0.787. The van der Waals surface area contributed by atoms with E-state index in [-0.39, 0.29) is 11.7 Å². The predicted molar refractivity (Wildman–Crippen MR) is 98.3 cm³/mol. The van der Waals surface area contributed by atoms with Gasteiger partial charge in [0.15, 0.2) is 0 Å². The van der Waals surface area contributed by atoms with Crippen LogP contribution in [0.25, 0.3) is 5.69 Å². The second kappa shape index (κ2) is 7.07. The summed E-state index contributed by atoms with van der Waals surface area (Å²) in [7, 11) is 0. The molecule has 0 spiro atoms. The van der Waals surface area contributed by atoms with Crippen molar-refractivity contribution in [3.05, 3.63) is 67.0 Å². The first-order chi connectivity index (χ1) is 12.7. The number of imidazole rings is 1. The first-order valence-corrected chi connectivity index (χ1v) is 8.92. The highest BCUT2D eigenvalue weighted by molar-refractivity contribution is 5.97. The number of aromatic hydroxyl groups is 1. The number of phenolic OH excluding ortho intramolecular Hbond substituents is 1. The fourth-order valence-corrected chi connectivity index (χ4v) is 3.62. The van der Waals surface area contributed by atoms with Crippen molar-refractivity contribution in [2.75, 3.05) is 13.1 Å². The highest BCUT2D eigenvalue weighted by atomic mass is 16.3. The van der Waals surface area contributed by atoms with Crippen LogP contribution in [0.15, 0.2) is 61.4 Å². The van der Waals surface area contributed by atoms with Gasteiger partial charge in [-0.3, -0.25) is 4.79 Å². The lowest BCUT2D eigenvalue weighted by Crippen LogP contribution is -2.41. The largest absolute Gasteiger partial charge is 0.507 e. The monoisotopic (exact) mass is 350 g/mol. The van der Waals surface area contributed by atoms with Gasteiger partial charge in [0.05, 0.1) is 11.9 Å². The number of piperidine rings is 1. The van der Waals surface area contributed by atoms with Gasteiger partial charge in [-0.25, -0.2) is 4.98 Å². The average Bonchev–Trinajstić information content (AvgIpc) is 3.36. The average molecular weight is 350 g/mol. The summed E-state index contributed by atoms with van der Waals surface area (Å²) < 4.78 is 3.98. The lowest BCUT2D eigenvalue weighted by molar-refractivity contribution is 0.0659. The van der Waals surface area contributed by atoms with Crippen molar-refractivity contribution in [1.82, 2.24) is 19.0 Å². The summed E-state index contributed by atoms with van der Waals surface area (Å²) >= 11 is 0. The molecule has 0 aliphatic carbocycles. The van der Waals surface area contributed by atoms with Crippen LogP contribution < -0.4 is 0 Å². The molecule has 2 aromatic heterocycles. The summed E-state index contributed by atoms with van der Waals surface area (Å²) in [6, 6.07) is 9.02.